The van der Waals surface area contributed by atoms with Gasteiger partial charge in [-0.2, -0.15) is 0 Å². The molecule has 7 heteroatoms. The Bertz CT molecular complexity index is 370. The van der Waals surface area contributed by atoms with Crippen LogP contribution in [0, 0.1) is 0 Å². The number of carbonyl (C=O) groups is 3. The number of aldehydes is 1. The second kappa shape index (κ2) is 6.75. The summed E-state index contributed by atoms with van der Waals surface area (Å²) in [5, 5.41) is 9.07. The molecule has 18 heavy (non-hydrogen) atoms. The molecular formula is C11H15NO6. The van der Waals surface area contributed by atoms with Crippen LogP contribution in [0.4, 0.5) is 0 Å². The molecule has 100 valence electrons. The first-order valence-electron chi connectivity index (χ1n) is 5.43. The minimum absolute atomic E-state index is 0.0691. The lowest BCUT2D eigenvalue weighted by molar-refractivity contribution is -0.140. The second-order valence-electron chi connectivity index (χ2n) is 3.59. The highest BCUT2D eigenvalue weighted by Crippen LogP contribution is 2.17. The first kappa shape index (κ1) is 14.2. The van der Waals surface area contributed by atoms with E-state index in [1.807, 2.05) is 0 Å². The summed E-state index contributed by atoms with van der Waals surface area (Å²) in [6, 6.07) is 0. The zero-order valence-corrected chi connectivity index (χ0v) is 10.0. The number of hydrogen-bond donors (Lipinski definition) is 1. The van der Waals surface area contributed by atoms with Crippen LogP contribution in [0.3, 0.4) is 0 Å². The molecular weight excluding hydrogens is 242 g/mol. The quantitative estimate of drug-likeness (QED) is 0.400. The van der Waals surface area contributed by atoms with Crippen LogP contribution in [0.15, 0.2) is 11.3 Å². The highest BCUT2D eigenvalue weighted by atomic mass is 16.5. The molecule has 0 spiro atoms. The van der Waals surface area contributed by atoms with Crippen LogP contribution in [0.25, 0.3) is 0 Å². The van der Waals surface area contributed by atoms with Crippen molar-refractivity contribution >= 4 is 18.2 Å². The van der Waals surface area contributed by atoms with E-state index in [-0.39, 0.29) is 17.7 Å². The van der Waals surface area contributed by atoms with Crippen molar-refractivity contribution in [3.05, 3.63) is 11.3 Å². The van der Waals surface area contributed by atoms with E-state index in [2.05, 4.69) is 4.74 Å². The van der Waals surface area contributed by atoms with Crippen molar-refractivity contribution in [3.8, 4) is 0 Å². The Labute approximate surface area is 104 Å². The number of carboxylic acids is 1. The average molecular weight is 257 g/mol. The number of carboxylic acid groups (broad SMARTS) is 1. The number of carbonyl (C=O) groups excluding carboxylic acids is 2. The molecule has 1 aliphatic heterocycles. The highest BCUT2D eigenvalue weighted by Gasteiger charge is 2.27. The van der Waals surface area contributed by atoms with E-state index < -0.39 is 11.9 Å². The molecule has 0 aromatic heterocycles. The van der Waals surface area contributed by atoms with E-state index >= 15 is 0 Å². The van der Waals surface area contributed by atoms with E-state index in [0.717, 1.165) is 0 Å². The SMILES string of the molecule is COC(=O)/C(=C(/CC=O)C(=O)O)N1CCOCC1. The van der Waals surface area contributed by atoms with Crippen LogP contribution in [0.1, 0.15) is 6.42 Å². The van der Waals surface area contributed by atoms with Crippen molar-refractivity contribution in [2.45, 2.75) is 6.42 Å². The van der Waals surface area contributed by atoms with Crippen LogP contribution >= 0.6 is 0 Å². The van der Waals surface area contributed by atoms with Gasteiger partial charge in [0.15, 0.2) is 0 Å². The molecule has 0 unspecified atom stereocenters. The van der Waals surface area contributed by atoms with E-state index in [1.54, 1.807) is 4.90 Å². The van der Waals surface area contributed by atoms with Gasteiger partial charge in [-0.15, -0.1) is 0 Å². The number of esters is 1. The largest absolute Gasteiger partial charge is 0.478 e. The lowest BCUT2D eigenvalue weighted by Gasteiger charge is -2.30. The Morgan fingerprint density at radius 1 is 1.39 bits per heavy atom. The Balaban J connectivity index is 3.14. The standard InChI is InChI=1S/C11H15NO6/c1-17-11(16)9(8(2-5-13)10(14)15)12-3-6-18-7-4-12/h5H,2-4,6-7H2,1H3,(H,14,15)/b9-8+. The third kappa shape index (κ3) is 3.30. The van der Waals surface area contributed by atoms with E-state index in [0.29, 0.717) is 32.6 Å². The maximum absolute atomic E-state index is 11.7. The molecule has 1 N–H and O–H groups in total. The van der Waals surface area contributed by atoms with Crippen molar-refractivity contribution in [2.75, 3.05) is 33.4 Å². The van der Waals surface area contributed by atoms with Gasteiger partial charge < -0.3 is 24.3 Å². The summed E-state index contributed by atoms with van der Waals surface area (Å²) >= 11 is 0. The Kier molecular flexibility index (Phi) is 5.31. The molecule has 1 aliphatic rings. The maximum Gasteiger partial charge on any atom is 0.354 e. The minimum Gasteiger partial charge on any atom is -0.478 e. The minimum atomic E-state index is -1.30. The molecule has 0 aromatic rings. The first-order chi connectivity index (χ1) is 8.61. The second-order valence-corrected chi connectivity index (χ2v) is 3.59. The molecule has 0 aliphatic carbocycles. The smallest absolute Gasteiger partial charge is 0.354 e. The molecule has 1 fully saturated rings. The van der Waals surface area contributed by atoms with Crippen LogP contribution in [0.5, 0.6) is 0 Å². The summed E-state index contributed by atoms with van der Waals surface area (Å²) in [5.74, 6) is -2.05. The topological polar surface area (TPSA) is 93.1 Å². The van der Waals surface area contributed by atoms with Crippen molar-refractivity contribution < 1.29 is 29.0 Å². The molecule has 0 atom stereocenters. The van der Waals surface area contributed by atoms with Crippen molar-refractivity contribution in [2.24, 2.45) is 0 Å². The van der Waals surface area contributed by atoms with Gasteiger partial charge in [-0.3, -0.25) is 0 Å². The van der Waals surface area contributed by atoms with E-state index in [9.17, 15) is 14.4 Å². The van der Waals surface area contributed by atoms with E-state index in [1.165, 1.54) is 7.11 Å². The Morgan fingerprint density at radius 3 is 2.44 bits per heavy atom. The number of ether oxygens (including phenoxy) is 2. The number of hydrogen-bond acceptors (Lipinski definition) is 6. The van der Waals surface area contributed by atoms with E-state index in [4.69, 9.17) is 9.84 Å². The van der Waals surface area contributed by atoms with Crippen LogP contribution in [-0.4, -0.2) is 61.6 Å². The molecule has 1 rings (SSSR count). The zero-order valence-electron chi connectivity index (χ0n) is 10.0. The summed E-state index contributed by atoms with van der Waals surface area (Å²) in [6.07, 6.45) is 0.115. The lowest BCUT2D eigenvalue weighted by atomic mass is 10.1. The summed E-state index contributed by atoms with van der Waals surface area (Å²) in [4.78, 5) is 34.9. The molecule has 0 aromatic carbocycles. The van der Waals surface area contributed by atoms with Gasteiger partial charge in [0.1, 0.15) is 12.0 Å². The van der Waals surface area contributed by atoms with Crippen LogP contribution in [0.2, 0.25) is 0 Å². The molecule has 1 heterocycles. The van der Waals surface area contributed by atoms with Gasteiger partial charge >= 0.3 is 11.9 Å². The lowest BCUT2D eigenvalue weighted by Crippen LogP contribution is -2.39. The summed E-state index contributed by atoms with van der Waals surface area (Å²) in [5.41, 5.74) is -0.320. The number of nitrogens with zero attached hydrogens (tertiary/aromatic N) is 1. The van der Waals surface area contributed by atoms with Gasteiger partial charge in [0.2, 0.25) is 0 Å². The first-order valence-corrected chi connectivity index (χ1v) is 5.43. The van der Waals surface area contributed by atoms with Gasteiger partial charge in [0.25, 0.3) is 0 Å². The Morgan fingerprint density at radius 2 is 2.00 bits per heavy atom. The fraction of sp³-hybridized carbons (Fsp3) is 0.545. The normalized spacial score (nSPS) is 16.8. The third-order valence-electron chi connectivity index (χ3n) is 2.54. The van der Waals surface area contributed by atoms with Crippen molar-refractivity contribution in [1.29, 1.82) is 0 Å². The van der Waals surface area contributed by atoms with Crippen molar-refractivity contribution in [3.63, 3.8) is 0 Å². The molecule has 1 saturated heterocycles. The monoisotopic (exact) mass is 257 g/mol. The summed E-state index contributed by atoms with van der Waals surface area (Å²) in [7, 11) is 1.17. The van der Waals surface area contributed by atoms with Gasteiger partial charge in [-0.1, -0.05) is 0 Å². The zero-order chi connectivity index (χ0) is 13.5. The molecule has 7 nitrogen and oxygen atoms in total. The highest BCUT2D eigenvalue weighted by molar-refractivity contribution is 6.00. The van der Waals surface area contributed by atoms with Gasteiger partial charge in [-0.25, -0.2) is 9.59 Å². The van der Waals surface area contributed by atoms with Crippen LogP contribution in [-0.2, 0) is 23.9 Å². The van der Waals surface area contributed by atoms with Gasteiger partial charge in [-0.05, 0) is 0 Å². The number of morpholine rings is 1. The Hall–Kier alpha value is -1.89. The molecule has 0 amide bonds. The molecule has 0 bridgehead atoms. The number of aliphatic carboxylic acids is 1. The molecule has 0 radical (unpaired) electrons. The average Bonchev–Trinajstić information content (AvgIpc) is 2.39. The fourth-order valence-corrected chi connectivity index (χ4v) is 1.70. The molecule has 0 saturated carbocycles. The van der Waals surface area contributed by atoms with Gasteiger partial charge in [0, 0.05) is 19.5 Å². The fourth-order valence-electron chi connectivity index (χ4n) is 1.70. The summed E-state index contributed by atoms with van der Waals surface area (Å²) < 4.78 is 9.71. The maximum atomic E-state index is 11.7. The number of methoxy groups -OCH3 is 1. The number of rotatable bonds is 5. The third-order valence-corrected chi connectivity index (χ3v) is 2.54. The predicted octanol–water partition coefficient (Wildman–Crippen LogP) is -0.581. The predicted molar refractivity (Wildman–Crippen MR) is 59.8 cm³/mol. The van der Waals surface area contributed by atoms with Crippen LogP contribution < -0.4 is 0 Å². The summed E-state index contributed by atoms with van der Waals surface area (Å²) in [6.45, 7) is 1.57. The van der Waals surface area contributed by atoms with Crippen molar-refractivity contribution in [1.82, 2.24) is 4.90 Å². The van der Waals surface area contributed by atoms with Gasteiger partial charge in [0.05, 0.1) is 25.9 Å².